The molecule has 0 saturated carbocycles. The first-order chi connectivity index (χ1) is 4.13. The van der Waals surface area contributed by atoms with E-state index in [1.165, 1.54) is 13.8 Å². The summed E-state index contributed by atoms with van der Waals surface area (Å²) in [6.45, 7) is 2.76. The molecule has 0 amide bonds. The van der Waals surface area contributed by atoms with Gasteiger partial charge in [0.15, 0.2) is 0 Å². The van der Waals surface area contributed by atoms with Gasteiger partial charge < -0.3 is 4.74 Å². The van der Waals surface area contributed by atoms with Crippen molar-refractivity contribution in [1.29, 1.82) is 0 Å². The summed E-state index contributed by atoms with van der Waals surface area (Å²) in [7, 11) is 0. The second-order valence-corrected chi connectivity index (χ2v) is 2.42. The lowest BCUT2D eigenvalue weighted by molar-refractivity contribution is 0.242. The molecule has 0 bridgehead atoms. The molecule has 4 atom stereocenters. The molecule has 9 heavy (non-hydrogen) atoms. The Labute approximate surface area is 53.0 Å². The molecule has 0 aromatic carbocycles. The third-order valence-corrected chi connectivity index (χ3v) is 1.47. The fourth-order valence-electron chi connectivity index (χ4n) is 0.875. The normalized spacial score (nSPS) is 40.0. The minimum absolute atomic E-state index is 0.481. The predicted molar refractivity (Wildman–Crippen MR) is 29.8 cm³/mol. The molecule has 0 radical (unpaired) electrons. The average Bonchev–Trinajstić information content (AvgIpc) is 2.39. The molecule has 0 aromatic rings. The molecule has 1 aliphatic heterocycles. The van der Waals surface area contributed by atoms with Gasteiger partial charge in [-0.1, -0.05) is 0 Å². The average molecular weight is 136 g/mol. The van der Waals surface area contributed by atoms with E-state index in [1.54, 1.807) is 0 Å². The standard InChI is InChI=1S/C6H10F2O/c1-3(7)5-6(9-5)4(2)8/h3-6H,1-2H3. The Kier molecular flexibility index (Phi) is 1.70. The zero-order valence-electron chi connectivity index (χ0n) is 5.47. The number of hydrogen-bond donors (Lipinski definition) is 0. The van der Waals surface area contributed by atoms with E-state index in [0.717, 1.165) is 0 Å². The van der Waals surface area contributed by atoms with Crippen molar-refractivity contribution in [3.8, 4) is 0 Å². The molecule has 1 aliphatic rings. The third-order valence-electron chi connectivity index (χ3n) is 1.47. The quantitative estimate of drug-likeness (QED) is 0.524. The molecule has 3 heteroatoms. The van der Waals surface area contributed by atoms with Gasteiger partial charge in [-0.15, -0.1) is 0 Å². The molecule has 1 rings (SSSR count). The van der Waals surface area contributed by atoms with Crippen LogP contribution in [0.1, 0.15) is 13.8 Å². The van der Waals surface area contributed by atoms with Crippen molar-refractivity contribution in [3.63, 3.8) is 0 Å². The second kappa shape index (κ2) is 2.21. The zero-order valence-corrected chi connectivity index (χ0v) is 5.47. The van der Waals surface area contributed by atoms with Gasteiger partial charge in [-0.2, -0.15) is 0 Å². The van der Waals surface area contributed by atoms with Crippen molar-refractivity contribution >= 4 is 0 Å². The van der Waals surface area contributed by atoms with Crippen LogP contribution in [-0.4, -0.2) is 24.6 Å². The number of epoxide rings is 1. The van der Waals surface area contributed by atoms with Crippen LogP contribution < -0.4 is 0 Å². The first-order valence-corrected chi connectivity index (χ1v) is 3.06. The van der Waals surface area contributed by atoms with Crippen LogP contribution in [0.15, 0.2) is 0 Å². The highest BCUT2D eigenvalue weighted by Gasteiger charge is 2.47. The van der Waals surface area contributed by atoms with E-state index in [1.807, 2.05) is 0 Å². The van der Waals surface area contributed by atoms with Gasteiger partial charge >= 0.3 is 0 Å². The molecule has 4 unspecified atom stereocenters. The van der Waals surface area contributed by atoms with E-state index in [0.29, 0.717) is 0 Å². The van der Waals surface area contributed by atoms with E-state index < -0.39 is 24.6 Å². The van der Waals surface area contributed by atoms with Gasteiger partial charge in [-0.05, 0) is 13.8 Å². The van der Waals surface area contributed by atoms with Crippen LogP contribution in [0, 0.1) is 0 Å². The Hall–Kier alpha value is -0.180. The van der Waals surface area contributed by atoms with Crippen molar-refractivity contribution in [2.45, 2.75) is 38.4 Å². The van der Waals surface area contributed by atoms with E-state index in [9.17, 15) is 8.78 Å². The third kappa shape index (κ3) is 1.39. The van der Waals surface area contributed by atoms with Gasteiger partial charge in [0.25, 0.3) is 0 Å². The summed E-state index contributed by atoms with van der Waals surface area (Å²) in [6, 6.07) is 0. The maximum Gasteiger partial charge on any atom is 0.126 e. The minimum Gasteiger partial charge on any atom is -0.363 e. The van der Waals surface area contributed by atoms with Crippen LogP contribution in [0.5, 0.6) is 0 Å². The SMILES string of the molecule is CC(F)C1OC1C(C)F. The summed E-state index contributed by atoms with van der Waals surface area (Å²) < 4.78 is 29.1. The smallest absolute Gasteiger partial charge is 0.126 e. The zero-order chi connectivity index (χ0) is 7.02. The Bertz CT molecular complexity index is 91.2. The lowest BCUT2D eigenvalue weighted by Crippen LogP contribution is -2.12. The molecule has 0 aromatic heterocycles. The monoisotopic (exact) mass is 136 g/mol. The minimum atomic E-state index is -1.03. The summed E-state index contributed by atoms with van der Waals surface area (Å²) in [5, 5.41) is 0. The lowest BCUT2D eigenvalue weighted by Gasteiger charge is -1.94. The molecule has 0 aliphatic carbocycles. The van der Waals surface area contributed by atoms with E-state index >= 15 is 0 Å². The fourth-order valence-corrected chi connectivity index (χ4v) is 0.875. The maximum atomic E-state index is 12.2. The Morgan fingerprint density at radius 1 is 1.11 bits per heavy atom. The van der Waals surface area contributed by atoms with Crippen molar-refractivity contribution < 1.29 is 13.5 Å². The summed E-state index contributed by atoms with van der Waals surface area (Å²) in [4.78, 5) is 0. The molecular weight excluding hydrogens is 126 g/mol. The number of hydrogen-bond acceptors (Lipinski definition) is 1. The van der Waals surface area contributed by atoms with Crippen molar-refractivity contribution in [3.05, 3.63) is 0 Å². The molecule has 1 saturated heterocycles. The van der Waals surface area contributed by atoms with Crippen molar-refractivity contribution in [2.75, 3.05) is 0 Å². The van der Waals surface area contributed by atoms with Crippen LogP contribution in [-0.2, 0) is 4.74 Å². The number of rotatable bonds is 2. The van der Waals surface area contributed by atoms with Crippen LogP contribution in [0.4, 0.5) is 8.78 Å². The van der Waals surface area contributed by atoms with Crippen LogP contribution >= 0.6 is 0 Å². The Balaban J connectivity index is 2.24. The molecule has 0 N–H and O–H groups in total. The topological polar surface area (TPSA) is 12.5 Å². The fraction of sp³-hybridized carbons (Fsp3) is 1.00. The van der Waals surface area contributed by atoms with Gasteiger partial charge in [0, 0.05) is 0 Å². The van der Waals surface area contributed by atoms with Gasteiger partial charge in [-0.3, -0.25) is 0 Å². The molecule has 54 valence electrons. The van der Waals surface area contributed by atoms with Crippen LogP contribution in [0.2, 0.25) is 0 Å². The first-order valence-electron chi connectivity index (χ1n) is 3.06. The van der Waals surface area contributed by atoms with E-state index in [2.05, 4.69) is 4.74 Å². The Morgan fingerprint density at radius 2 is 1.44 bits per heavy atom. The van der Waals surface area contributed by atoms with E-state index in [4.69, 9.17) is 0 Å². The summed E-state index contributed by atoms with van der Waals surface area (Å²) in [5.74, 6) is 0. The second-order valence-electron chi connectivity index (χ2n) is 2.42. The molecule has 1 nitrogen and oxygen atoms in total. The maximum absolute atomic E-state index is 12.2. The largest absolute Gasteiger partial charge is 0.363 e. The summed E-state index contributed by atoms with van der Waals surface area (Å²) >= 11 is 0. The summed E-state index contributed by atoms with van der Waals surface area (Å²) in [6.07, 6.45) is -3.03. The van der Waals surface area contributed by atoms with E-state index in [-0.39, 0.29) is 0 Å². The van der Waals surface area contributed by atoms with Gasteiger partial charge in [0.2, 0.25) is 0 Å². The lowest BCUT2D eigenvalue weighted by atomic mass is 10.2. The van der Waals surface area contributed by atoms with Crippen LogP contribution in [0.25, 0.3) is 0 Å². The van der Waals surface area contributed by atoms with Crippen molar-refractivity contribution in [1.82, 2.24) is 0 Å². The molecule has 1 heterocycles. The highest BCUT2D eigenvalue weighted by Crippen LogP contribution is 2.31. The summed E-state index contributed by atoms with van der Waals surface area (Å²) in [5.41, 5.74) is 0. The van der Waals surface area contributed by atoms with Gasteiger partial charge in [-0.25, -0.2) is 8.78 Å². The Morgan fingerprint density at radius 3 is 1.56 bits per heavy atom. The molecular formula is C6H10F2O. The molecule has 0 spiro atoms. The van der Waals surface area contributed by atoms with Crippen molar-refractivity contribution in [2.24, 2.45) is 0 Å². The number of alkyl halides is 2. The molecule has 1 fully saturated rings. The highest BCUT2D eigenvalue weighted by molar-refractivity contribution is 4.92. The number of halogens is 2. The van der Waals surface area contributed by atoms with Gasteiger partial charge in [0.05, 0.1) is 0 Å². The predicted octanol–water partition coefficient (Wildman–Crippen LogP) is 1.47. The first kappa shape index (κ1) is 6.93. The highest BCUT2D eigenvalue weighted by atomic mass is 19.1. The van der Waals surface area contributed by atoms with Crippen LogP contribution in [0.3, 0.4) is 0 Å². The number of ether oxygens (including phenoxy) is 1. The van der Waals surface area contributed by atoms with Gasteiger partial charge in [0.1, 0.15) is 24.6 Å².